The molecule has 0 unspecified atom stereocenters. The average Bonchev–Trinajstić information content (AvgIpc) is 3.28. The van der Waals surface area contributed by atoms with E-state index in [4.69, 9.17) is 4.74 Å². The van der Waals surface area contributed by atoms with Crippen LogP contribution in [0.2, 0.25) is 0 Å². The van der Waals surface area contributed by atoms with Gasteiger partial charge in [0, 0.05) is 17.9 Å². The van der Waals surface area contributed by atoms with Crippen LogP contribution in [0.15, 0.2) is 72.8 Å². The van der Waals surface area contributed by atoms with Crippen LogP contribution in [0, 0.1) is 6.92 Å². The summed E-state index contributed by atoms with van der Waals surface area (Å²) in [6.45, 7) is 3.04. The highest BCUT2D eigenvalue weighted by atomic mass is 16.6. The van der Waals surface area contributed by atoms with E-state index in [0.717, 1.165) is 18.7 Å². The average molecular weight is 381 g/mol. The zero-order valence-corrected chi connectivity index (χ0v) is 16.0. The van der Waals surface area contributed by atoms with E-state index in [1.54, 1.807) is 0 Å². The molecule has 0 spiro atoms. The topological polar surface area (TPSA) is 46.6 Å². The summed E-state index contributed by atoms with van der Waals surface area (Å²) in [5.41, 5.74) is 6.94. The molecule has 2 aliphatic heterocycles. The van der Waals surface area contributed by atoms with Crippen LogP contribution in [-0.4, -0.2) is 18.5 Å². The summed E-state index contributed by atoms with van der Waals surface area (Å²) in [5.74, 6) is -1.19. The molecule has 0 amide bonds. The predicted octanol–water partition coefficient (Wildman–Crippen LogP) is 4.68. The van der Waals surface area contributed by atoms with Gasteiger partial charge >= 0.3 is 11.9 Å². The van der Waals surface area contributed by atoms with E-state index in [-0.39, 0.29) is 0 Å². The molecular weight excluding hydrogens is 362 g/mol. The van der Waals surface area contributed by atoms with Gasteiger partial charge in [-0.25, -0.2) is 9.59 Å². The smallest absolute Gasteiger partial charge is 0.347 e. The lowest BCUT2D eigenvalue weighted by atomic mass is 9.96. The summed E-state index contributed by atoms with van der Waals surface area (Å²) in [6.07, 6.45) is 1.02. The van der Waals surface area contributed by atoms with Gasteiger partial charge in [-0.15, -0.1) is 0 Å². The van der Waals surface area contributed by atoms with E-state index in [1.807, 2.05) is 54.6 Å². The molecule has 0 saturated carbocycles. The van der Waals surface area contributed by atoms with E-state index in [1.165, 1.54) is 16.8 Å². The van der Waals surface area contributed by atoms with Crippen molar-refractivity contribution in [1.29, 1.82) is 0 Å². The van der Waals surface area contributed by atoms with Crippen LogP contribution in [0.3, 0.4) is 0 Å². The molecule has 0 radical (unpaired) electrons. The molecule has 0 atom stereocenters. The number of nitrogens with zero attached hydrogens (tertiary/aromatic N) is 1. The number of esters is 2. The van der Waals surface area contributed by atoms with Gasteiger partial charge in [0.15, 0.2) is 0 Å². The molecule has 5 rings (SSSR count). The molecule has 0 bridgehead atoms. The first kappa shape index (κ1) is 17.4. The molecule has 0 N–H and O–H groups in total. The highest BCUT2D eigenvalue weighted by molar-refractivity contribution is 6.44. The van der Waals surface area contributed by atoms with Crippen molar-refractivity contribution in [3.8, 4) is 0 Å². The first-order valence-electron chi connectivity index (χ1n) is 9.65. The molecule has 29 heavy (non-hydrogen) atoms. The highest BCUT2D eigenvalue weighted by Gasteiger charge is 2.34. The number of cyclic esters (lactones) is 2. The standard InChI is InChI=1S/C25H19NO3/c1-16-7-12-21-19(15-16)13-14-26(21)20-10-8-18(9-11-20)23-22(24(27)29-25(23)28)17-5-3-2-4-6-17/h2-12,15H,13-14H2,1H3. The lowest BCUT2D eigenvalue weighted by Crippen LogP contribution is -2.13. The summed E-state index contributed by atoms with van der Waals surface area (Å²) in [5, 5.41) is 0. The van der Waals surface area contributed by atoms with Crippen LogP contribution in [0.25, 0.3) is 11.1 Å². The van der Waals surface area contributed by atoms with Crippen molar-refractivity contribution in [2.75, 3.05) is 11.4 Å². The number of fused-ring (bicyclic) bond motifs is 1. The quantitative estimate of drug-likeness (QED) is 0.488. The van der Waals surface area contributed by atoms with Crippen molar-refractivity contribution in [1.82, 2.24) is 0 Å². The van der Waals surface area contributed by atoms with Gasteiger partial charge in [-0.2, -0.15) is 0 Å². The fourth-order valence-corrected chi connectivity index (χ4v) is 4.13. The molecule has 4 heteroatoms. The number of benzene rings is 3. The monoisotopic (exact) mass is 381 g/mol. The van der Waals surface area contributed by atoms with Crippen LogP contribution in [0.1, 0.15) is 22.3 Å². The summed E-state index contributed by atoms with van der Waals surface area (Å²) in [4.78, 5) is 27.0. The van der Waals surface area contributed by atoms with Crippen molar-refractivity contribution < 1.29 is 14.3 Å². The molecule has 0 aromatic heterocycles. The SMILES string of the molecule is Cc1ccc2c(c1)CCN2c1ccc(C2=C(c3ccccc3)C(=O)OC2=O)cc1. The van der Waals surface area contributed by atoms with E-state index >= 15 is 0 Å². The molecule has 3 aromatic rings. The van der Waals surface area contributed by atoms with E-state index in [9.17, 15) is 9.59 Å². The van der Waals surface area contributed by atoms with E-state index in [0.29, 0.717) is 22.3 Å². The van der Waals surface area contributed by atoms with Gasteiger partial charge in [0.05, 0.1) is 11.1 Å². The Morgan fingerprint density at radius 2 is 1.45 bits per heavy atom. The number of anilines is 2. The maximum Gasteiger partial charge on any atom is 0.347 e. The van der Waals surface area contributed by atoms with Gasteiger partial charge < -0.3 is 9.64 Å². The number of carbonyl (C=O) groups is 2. The van der Waals surface area contributed by atoms with Crippen molar-refractivity contribution >= 4 is 34.5 Å². The first-order valence-corrected chi connectivity index (χ1v) is 9.65. The summed E-state index contributed by atoms with van der Waals surface area (Å²) in [6, 6.07) is 23.5. The van der Waals surface area contributed by atoms with Gasteiger partial charge in [-0.05, 0) is 48.2 Å². The van der Waals surface area contributed by atoms with Crippen LogP contribution < -0.4 is 4.90 Å². The van der Waals surface area contributed by atoms with Crippen molar-refractivity contribution in [3.63, 3.8) is 0 Å². The Kier molecular flexibility index (Phi) is 4.06. The van der Waals surface area contributed by atoms with Gasteiger partial charge in [0.25, 0.3) is 0 Å². The lowest BCUT2D eigenvalue weighted by Gasteiger charge is -2.20. The second-order valence-electron chi connectivity index (χ2n) is 7.37. The molecule has 4 nitrogen and oxygen atoms in total. The lowest BCUT2D eigenvalue weighted by molar-refractivity contribution is -0.149. The van der Waals surface area contributed by atoms with Crippen LogP contribution >= 0.6 is 0 Å². The third-order valence-corrected chi connectivity index (χ3v) is 5.50. The molecule has 2 heterocycles. The predicted molar refractivity (Wildman–Crippen MR) is 113 cm³/mol. The van der Waals surface area contributed by atoms with Crippen LogP contribution in [0.4, 0.5) is 11.4 Å². The third kappa shape index (κ3) is 2.93. The van der Waals surface area contributed by atoms with E-state index < -0.39 is 11.9 Å². The van der Waals surface area contributed by atoms with Gasteiger partial charge in [0.1, 0.15) is 0 Å². The van der Waals surface area contributed by atoms with Crippen LogP contribution in [-0.2, 0) is 20.7 Å². The number of hydrogen-bond donors (Lipinski definition) is 0. The molecule has 0 saturated heterocycles. The molecule has 0 aliphatic carbocycles. The molecule has 142 valence electrons. The first-order chi connectivity index (χ1) is 14.1. The van der Waals surface area contributed by atoms with Gasteiger partial charge in [-0.3, -0.25) is 0 Å². The summed E-state index contributed by atoms with van der Waals surface area (Å²) < 4.78 is 4.92. The highest BCUT2D eigenvalue weighted by Crippen LogP contribution is 2.37. The van der Waals surface area contributed by atoms with Crippen molar-refractivity contribution in [2.45, 2.75) is 13.3 Å². The second-order valence-corrected chi connectivity index (χ2v) is 7.37. The van der Waals surface area contributed by atoms with Crippen LogP contribution in [0.5, 0.6) is 0 Å². The van der Waals surface area contributed by atoms with Crippen molar-refractivity contribution in [2.24, 2.45) is 0 Å². The Balaban J connectivity index is 1.53. The summed E-state index contributed by atoms with van der Waals surface area (Å²) >= 11 is 0. The Morgan fingerprint density at radius 3 is 2.14 bits per heavy atom. The fourth-order valence-electron chi connectivity index (χ4n) is 4.13. The second kappa shape index (κ2) is 6.74. The zero-order chi connectivity index (χ0) is 20.0. The number of carbonyl (C=O) groups excluding carboxylic acids is 2. The normalized spacial score (nSPS) is 15.7. The maximum atomic E-state index is 12.4. The number of ether oxygens (including phenoxy) is 1. The largest absolute Gasteiger partial charge is 0.386 e. The van der Waals surface area contributed by atoms with E-state index in [2.05, 4.69) is 30.0 Å². The fraction of sp³-hybridized carbons (Fsp3) is 0.120. The molecule has 3 aromatic carbocycles. The minimum Gasteiger partial charge on any atom is -0.386 e. The third-order valence-electron chi connectivity index (χ3n) is 5.50. The number of rotatable bonds is 3. The Morgan fingerprint density at radius 1 is 0.793 bits per heavy atom. The zero-order valence-electron chi connectivity index (χ0n) is 16.0. The van der Waals surface area contributed by atoms with Gasteiger partial charge in [0.2, 0.25) is 0 Å². The Bertz CT molecular complexity index is 1160. The minimum atomic E-state index is -0.594. The number of hydrogen-bond acceptors (Lipinski definition) is 4. The summed E-state index contributed by atoms with van der Waals surface area (Å²) in [7, 11) is 0. The molecular formula is C25H19NO3. The Labute approximate surface area is 169 Å². The van der Waals surface area contributed by atoms with Crippen molar-refractivity contribution in [3.05, 3.63) is 95.1 Å². The number of aryl methyl sites for hydroxylation is 1. The minimum absolute atomic E-state index is 0.324. The van der Waals surface area contributed by atoms with Gasteiger partial charge in [-0.1, -0.05) is 60.2 Å². The molecule has 0 fully saturated rings. The Hall–Kier alpha value is -3.66. The molecule has 2 aliphatic rings. The maximum absolute atomic E-state index is 12.4.